The van der Waals surface area contributed by atoms with Crippen molar-refractivity contribution in [3.8, 4) is 5.75 Å². The Bertz CT molecular complexity index is 649. The molecule has 0 saturated carbocycles. The Morgan fingerprint density at radius 3 is 2.88 bits per heavy atom. The van der Waals surface area contributed by atoms with E-state index in [1.54, 1.807) is 6.92 Å². The van der Waals surface area contributed by atoms with E-state index in [0.29, 0.717) is 31.9 Å². The second-order valence-corrected chi connectivity index (χ2v) is 5.21. The van der Waals surface area contributed by atoms with Gasteiger partial charge in [-0.05, 0) is 19.4 Å². The van der Waals surface area contributed by atoms with Crippen LogP contribution in [0.1, 0.15) is 20.3 Å². The summed E-state index contributed by atoms with van der Waals surface area (Å²) in [5.74, 6) is 0.133. The fourth-order valence-corrected chi connectivity index (χ4v) is 2.56. The van der Waals surface area contributed by atoms with Gasteiger partial charge in [0.05, 0.1) is 17.2 Å². The van der Waals surface area contributed by atoms with Crippen LogP contribution in [0.5, 0.6) is 5.75 Å². The fraction of sp³-hybridized carbons (Fsp3) is 0.467. The van der Waals surface area contributed by atoms with Gasteiger partial charge in [-0.3, -0.25) is 14.9 Å². The van der Waals surface area contributed by atoms with Crippen molar-refractivity contribution in [2.75, 3.05) is 25.0 Å². The summed E-state index contributed by atoms with van der Waals surface area (Å²) in [6.45, 7) is 4.68. The normalized spacial score (nSPS) is 17.2. The molecule has 3 amide bonds. The first-order chi connectivity index (χ1) is 11.5. The lowest BCUT2D eigenvalue weighted by molar-refractivity contribution is -0.384. The van der Waals surface area contributed by atoms with E-state index in [4.69, 9.17) is 4.74 Å². The third-order valence-electron chi connectivity index (χ3n) is 3.69. The topological polar surface area (TPSA) is 114 Å². The first kappa shape index (κ1) is 17.5. The summed E-state index contributed by atoms with van der Waals surface area (Å²) >= 11 is 0. The van der Waals surface area contributed by atoms with Crippen LogP contribution >= 0.6 is 0 Å². The summed E-state index contributed by atoms with van der Waals surface area (Å²) in [4.78, 5) is 36.2. The Kier molecular flexibility index (Phi) is 5.56. The number of rotatable bonds is 5. The van der Waals surface area contributed by atoms with Gasteiger partial charge in [0, 0.05) is 25.2 Å². The summed E-state index contributed by atoms with van der Waals surface area (Å²) < 4.78 is 5.40. The zero-order valence-corrected chi connectivity index (χ0v) is 13.6. The van der Waals surface area contributed by atoms with E-state index in [-0.39, 0.29) is 17.3 Å². The van der Waals surface area contributed by atoms with E-state index in [1.165, 1.54) is 23.1 Å². The minimum atomic E-state index is -0.562. The van der Waals surface area contributed by atoms with Crippen LogP contribution in [0.2, 0.25) is 0 Å². The highest BCUT2D eigenvalue weighted by atomic mass is 16.6. The lowest BCUT2D eigenvalue weighted by Gasteiger charge is -2.34. The van der Waals surface area contributed by atoms with E-state index in [9.17, 15) is 19.7 Å². The molecule has 1 aliphatic heterocycles. The van der Waals surface area contributed by atoms with Gasteiger partial charge < -0.3 is 20.3 Å². The van der Waals surface area contributed by atoms with Gasteiger partial charge in [0.25, 0.3) is 5.69 Å². The predicted molar refractivity (Wildman–Crippen MR) is 87.1 cm³/mol. The Hall–Kier alpha value is -2.84. The summed E-state index contributed by atoms with van der Waals surface area (Å²) in [5.41, 5.74) is 0.0501. The minimum absolute atomic E-state index is 0.155. The molecule has 1 aliphatic rings. The molecule has 9 nitrogen and oxygen atoms in total. The SMILES string of the molecule is CCOc1ccc([N+](=O)[O-])cc1NC(=O)N1CCNC(=O)C1CC. The van der Waals surface area contributed by atoms with Crippen molar-refractivity contribution in [2.45, 2.75) is 26.3 Å². The molecule has 1 unspecified atom stereocenters. The average Bonchev–Trinajstić information content (AvgIpc) is 2.56. The largest absolute Gasteiger partial charge is 0.492 e. The maximum Gasteiger partial charge on any atom is 0.322 e. The summed E-state index contributed by atoms with van der Waals surface area (Å²) in [5, 5.41) is 16.3. The van der Waals surface area contributed by atoms with Crippen LogP contribution < -0.4 is 15.4 Å². The van der Waals surface area contributed by atoms with Crippen LogP contribution in [0.4, 0.5) is 16.2 Å². The van der Waals surface area contributed by atoms with Crippen LogP contribution in [-0.4, -0.2) is 47.5 Å². The maximum atomic E-state index is 12.5. The number of carbonyl (C=O) groups is 2. The van der Waals surface area contributed by atoms with Gasteiger partial charge in [-0.15, -0.1) is 0 Å². The molecule has 1 heterocycles. The Morgan fingerprint density at radius 1 is 1.50 bits per heavy atom. The number of nitrogens with one attached hydrogen (secondary N) is 2. The summed E-state index contributed by atoms with van der Waals surface area (Å²) in [6.07, 6.45) is 0.479. The average molecular weight is 336 g/mol. The first-order valence-electron chi connectivity index (χ1n) is 7.74. The number of nitro benzene ring substituents is 1. The number of hydrogen-bond acceptors (Lipinski definition) is 5. The maximum absolute atomic E-state index is 12.5. The molecule has 1 aromatic carbocycles. The molecule has 0 aromatic heterocycles. The van der Waals surface area contributed by atoms with Crippen LogP contribution in [0, 0.1) is 10.1 Å². The number of urea groups is 1. The molecule has 24 heavy (non-hydrogen) atoms. The van der Waals surface area contributed by atoms with Crippen molar-refractivity contribution in [1.82, 2.24) is 10.2 Å². The van der Waals surface area contributed by atoms with Crippen LogP contribution in [0.3, 0.4) is 0 Å². The molecule has 0 spiro atoms. The van der Waals surface area contributed by atoms with Gasteiger partial charge >= 0.3 is 6.03 Å². The fourth-order valence-electron chi connectivity index (χ4n) is 2.56. The number of nitrogens with zero attached hydrogens (tertiary/aromatic N) is 2. The van der Waals surface area contributed by atoms with Crippen molar-refractivity contribution >= 4 is 23.3 Å². The number of ether oxygens (including phenoxy) is 1. The molecule has 0 radical (unpaired) electrons. The van der Waals surface area contributed by atoms with Gasteiger partial charge in [0.2, 0.25) is 5.91 Å². The highest BCUT2D eigenvalue weighted by Crippen LogP contribution is 2.29. The third-order valence-corrected chi connectivity index (χ3v) is 3.69. The number of amides is 3. The number of nitro groups is 1. The van der Waals surface area contributed by atoms with E-state index < -0.39 is 17.0 Å². The van der Waals surface area contributed by atoms with Gasteiger partial charge in [0.15, 0.2) is 0 Å². The molecule has 0 aliphatic carbocycles. The van der Waals surface area contributed by atoms with Crippen molar-refractivity contribution in [2.24, 2.45) is 0 Å². The summed E-state index contributed by atoms with van der Waals surface area (Å²) in [7, 11) is 0. The van der Waals surface area contributed by atoms with Crippen molar-refractivity contribution in [3.63, 3.8) is 0 Å². The highest BCUT2D eigenvalue weighted by Gasteiger charge is 2.32. The molecule has 0 bridgehead atoms. The predicted octanol–water partition coefficient (Wildman–Crippen LogP) is 1.74. The molecular formula is C15H20N4O5. The Labute approximate surface area is 139 Å². The second-order valence-electron chi connectivity index (χ2n) is 5.21. The standard InChI is InChI=1S/C15H20N4O5/c1-3-12-14(20)16-7-8-18(12)15(21)17-11-9-10(19(22)23)5-6-13(11)24-4-2/h5-6,9,12H,3-4,7-8H2,1-2H3,(H,16,20)(H,17,21). The van der Waals surface area contributed by atoms with Crippen molar-refractivity contribution < 1.29 is 19.2 Å². The lowest BCUT2D eigenvalue weighted by Crippen LogP contribution is -2.57. The summed E-state index contributed by atoms with van der Waals surface area (Å²) in [6, 6.07) is 2.95. The molecule has 2 N–H and O–H groups in total. The molecule has 1 saturated heterocycles. The van der Waals surface area contributed by atoms with E-state index in [1.807, 2.05) is 6.92 Å². The van der Waals surface area contributed by atoms with E-state index in [0.717, 1.165) is 0 Å². The van der Waals surface area contributed by atoms with E-state index >= 15 is 0 Å². The van der Waals surface area contributed by atoms with E-state index in [2.05, 4.69) is 10.6 Å². The smallest absolute Gasteiger partial charge is 0.322 e. The van der Waals surface area contributed by atoms with Crippen LogP contribution in [0.15, 0.2) is 18.2 Å². The Balaban J connectivity index is 2.24. The number of anilines is 1. The van der Waals surface area contributed by atoms with Gasteiger partial charge in [0.1, 0.15) is 11.8 Å². The molecule has 1 aromatic rings. The van der Waals surface area contributed by atoms with Gasteiger partial charge in [-0.2, -0.15) is 0 Å². The van der Waals surface area contributed by atoms with Crippen molar-refractivity contribution in [3.05, 3.63) is 28.3 Å². The first-order valence-corrected chi connectivity index (χ1v) is 7.74. The third kappa shape index (κ3) is 3.73. The minimum Gasteiger partial charge on any atom is -0.492 e. The quantitative estimate of drug-likeness (QED) is 0.628. The van der Waals surface area contributed by atoms with Gasteiger partial charge in [-0.25, -0.2) is 4.79 Å². The zero-order valence-electron chi connectivity index (χ0n) is 13.6. The van der Waals surface area contributed by atoms with Crippen LogP contribution in [-0.2, 0) is 4.79 Å². The highest BCUT2D eigenvalue weighted by molar-refractivity contribution is 5.95. The monoisotopic (exact) mass is 336 g/mol. The molecule has 1 atom stereocenters. The second kappa shape index (κ2) is 7.62. The number of carbonyl (C=O) groups excluding carboxylic acids is 2. The van der Waals surface area contributed by atoms with Crippen LogP contribution in [0.25, 0.3) is 0 Å². The Morgan fingerprint density at radius 2 is 2.25 bits per heavy atom. The number of hydrogen-bond donors (Lipinski definition) is 2. The lowest BCUT2D eigenvalue weighted by atomic mass is 10.1. The molecular weight excluding hydrogens is 316 g/mol. The number of benzene rings is 1. The molecule has 2 rings (SSSR count). The van der Waals surface area contributed by atoms with Crippen molar-refractivity contribution in [1.29, 1.82) is 0 Å². The molecule has 9 heteroatoms. The zero-order chi connectivity index (χ0) is 17.7. The molecule has 130 valence electrons. The molecule has 1 fully saturated rings. The van der Waals surface area contributed by atoms with Gasteiger partial charge in [-0.1, -0.05) is 6.92 Å². The number of non-ortho nitro benzene ring substituents is 1. The number of piperazine rings is 1.